The normalized spacial score (nSPS) is 25.2. The van der Waals surface area contributed by atoms with Gasteiger partial charge in [0, 0.05) is 6.07 Å². The molecule has 1 aliphatic rings. The Hall–Kier alpha value is -1.19. The second-order valence-corrected chi connectivity index (χ2v) is 7.18. The minimum atomic E-state index is -3.33. The zero-order chi connectivity index (χ0) is 14.2. The number of nitrogens with zero attached hydrogens (tertiary/aromatic N) is 1. The third kappa shape index (κ3) is 3.23. The molecule has 19 heavy (non-hydrogen) atoms. The molecular weight excluding hydrogens is 342 g/mol. The summed E-state index contributed by atoms with van der Waals surface area (Å²) in [6.45, 7) is 0. The van der Waals surface area contributed by atoms with E-state index in [9.17, 15) is 23.6 Å². The maximum atomic E-state index is 11.3. The van der Waals surface area contributed by atoms with Gasteiger partial charge in [-0.25, -0.2) is 8.42 Å². The van der Waals surface area contributed by atoms with E-state index < -0.39 is 27.0 Å². The van der Waals surface area contributed by atoms with Crippen LogP contribution in [0.5, 0.6) is 5.75 Å². The summed E-state index contributed by atoms with van der Waals surface area (Å²) in [6.07, 6.45) is -2.04. The molecule has 7 nitrogen and oxygen atoms in total. The molecule has 1 aromatic rings. The quantitative estimate of drug-likeness (QED) is 0.640. The predicted molar refractivity (Wildman–Crippen MR) is 69.9 cm³/mol. The zero-order valence-electron chi connectivity index (χ0n) is 9.52. The molecule has 2 unspecified atom stereocenters. The molecular formula is C10H10BrNO6S. The van der Waals surface area contributed by atoms with Gasteiger partial charge in [0.25, 0.3) is 5.69 Å². The number of benzene rings is 1. The molecule has 0 aliphatic carbocycles. The first-order chi connectivity index (χ1) is 8.78. The van der Waals surface area contributed by atoms with Gasteiger partial charge in [0.2, 0.25) is 0 Å². The van der Waals surface area contributed by atoms with Crippen molar-refractivity contribution in [1.82, 2.24) is 0 Å². The maximum Gasteiger partial charge on any atom is 0.273 e. The Morgan fingerprint density at radius 3 is 2.63 bits per heavy atom. The van der Waals surface area contributed by atoms with Gasteiger partial charge in [0.1, 0.15) is 18.0 Å². The lowest BCUT2D eigenvalue weighted by molar-refractivity contribution is -0.385. The molecule has 1 aliphatic heterocycles. The average Bonchev–Trinajstić information content (AvgIpc) is 2.54. The Balaban J connectivity index is 2.24. The van der Waals surface area contributed by atoms with Crippen LogP contribution >= 0.6 is 15.9 Å². The first-order valence-corrected chi connectivity index (χ1v) is 7.89. The van der Waals surface area contributed by atoms with Crippen LogP contribution in [0.2, 0.25) is 0 Å². The van der Waals surface area contributed by atoms with E-state index in [0.717, 1.165) is 0 Å². The average molecular weight is 352 g/mol. The standard InChI is InChI=1S/C10H10BrNO6S/c11-7-2-1-6(12(14)15)3-9(7)18-10-5-19(16,17)4-8(10)13/h1-3,8,10,13H,4-5H2. The maximum absolute atomic E-state index is 11.3. The summed E-state index contributed by atoms with van der Waals surface area (Å²) >= 11 is 3.16. The second-order valence-electron chi connectivity index (χ2n) is 4.17. The number of nitro groups is 1. The summed E-state index contributed by atoms with van der Waals surface area (Å²) in [4.78, 5) is 10.1. The molecule has 0 spiro atoms. The van der Waals surface area contributed by atoms with Crippen LogP contribution in [0.3, 0.4) is 0 Å². The fourth-order valence-corrected chi connectivity index (χ4v) is 3.77. The smallest absolute Gasteiger partial charge is 0.273 e. The van der Waals surface area contributed by atoms with Gasteiger partial charge in [0.05, 0.1) is 27.0 Å². The SMILES string of the molecule is O=[N+]([O-])c1ccc(Br)c(OC2CS(=O)(=O)CC2O)c1. The highest BCUT2D eigenvalue weighted by Gasteiger charge is 2.38. The van der Waals surface area contributed by atoms with Crippen LogP contribution in [0, 0.1) is 10.1 Å². The molecule has 1 aromatic carbocycles. The van der Waals surface area contributed by atoms with Gasteiger partial charge in [0.15, 0.2) is 9.84 Å². The van der Waals surface area contributed by atoms with Crippen LogP contribution < -0.4 is 4.74 Å². The minimum Gasteiger partial charge on any atom is -0.485 e. The third-order valence-corrected chi connectivity index (χ3v) is 5.02. The van der Waals surface area contributed by atoms with E-state index in [1.807, 2.05) is 0 Å². The summed E-state index contributed by atoms with van der Waals surface area (Å²) in [6, 6.07) is 3.91. The molecule has 104 valence electrons. The van der Waals surface area contributed by atoms with Crippen LogP contribution in [-0.2, 0) is 9.84 Å². The first-order valence-electron chi connectivity index (χ1n) is 5.27. The van der Waals surface area contributed by atoms with Crippen LogP contribution in [0.1, 0.15) is 0 Å². The van der Waals surface area contributed by atoms with Crippen molar-refractivity contribution in [2.75, 3.05) is 11.5 Å². The van der Waals surface area contributed by atoms with E-state index in [1.54, 1.807) is 0 Å². The summed E-state index contributed by atoms with van der Waals surface area (Å²) in [5, 5.41) is 20.3. The molecule has 1 N–H and O–H groups in total. The fraction of sp³-hybridized carbons (Fsp3) is 0.400. The number of rotatable bonds is 3. The molecule has 1 saturated heterocycles. The molecule has 0 bridgehead atoms. The molecule has 0 radical (unpaired) electrons. The van der Waals surface area contributed by atoms with Gasteiger partial charge in [-0.1, -0.05) is 0 Å². The molecule has 1 heterocycles. The van der Waals surface area contributed by atoms with E-state index in [4.69, 9.17) is 4.74 Å². The van der Waals surface area contributed by atoms with Crippen molar-refractivity contribution >= 4 is 31.5 Å². The lowest BCUT2D eigenvalue weighted by atomic mass is 10.2. The fourth-order valence-electron chi connectivity index (χ4n) is 1.77. The highest BCUT2D eigenvalue weighted by molar-refractivity contribution is 9.10. The van der Waals surface area contributed by atoms with Crippen LogP contribution in [-0.4, -0.2) is 42.2 Å². The molecule has 0 saturated carbocycles. The minimum absolute atomic E-state index is 0.135. The van der Waals surface area contributed by atoms with Crippen LogP contribution in [0.25, 0.3) is 0 Å². The van der Waals surface area contributed by atoms with Crippen molar-refractivity contribution in [1.29, 1.82) is 0 Å². The van der Waals surface area contributed by atoms with Crippen molar-refractivity contribution in [2.45, 2.75) is 12.2 Å². The third-order valence-electron chi connectivity index (χ3n) is 2.68. The summed E-state index contributed by atoms with van der Waals surface area (Å²) in [7, 11) is -3.33. The Labute approximate surface area is 117 Å². The van der Waals surface area contributed by atoms with Gasteiger partial charge in [-0.2, -0.15) is 0 Å². The number of hydrogen-bond donors (Lipinski definition) is 1. The zero-order valence-corrected chi connectivity index (χ0v) is 11.9. The number of nitro benzene ring substituents is 1. The number of sulfone groups is 1. The van der Waals surface area contributed by atoms with Crippen molar-refractivity contribution < 1.29 is 23.2 Å². The first kappa shape index (κ1) is 14.2. The Morgan fingerprint density at radius 2 is 2.11 bits per heavy atom. The Morgan fingerprint density at radius 1 is 1.42 bits per heavy atom. The number of aliphatic hydroxyl groups is 1. The van der Waals surface area contributed by atoms with Gasteiger partial charge >= 0.3 is 0 Å². The van der Waals surface area contributed by atoms with Crippen LogP contribution in [0.15, 0.2) is 22.7 Å². The van der Waals surface area contributed by atoms with E-state index >= 15 is 0 Å². The highest BCUT2D eigenvalue weighted by atomic mass is 79.9. The molecule has 0 aromatic heterocycles. The highest BCUT2D eigenvalue weighted by Crippen LogP contribution is 2.31. The number of aliphatic hydroxyl groups excluding tert-OH is 1. The van der Waals surface area contributed by atoms with Gasteiger partial charge in [-0.15, -0.1) is 0 Å². The van der Waals surface area contributed by atoms with E-state index in [1.165, 1.54) is 18.2 Å². The van der Waals surface area contributed by atoms with Crippen molar-refractivity contribution in [3.05, 3.63) is 32.8 Å². The summed E-state index contributed by atoms with van der Waals surface area (Å²) in [5.41, 5.74) is -0.173. The van der Waals surface area contributed by atoms with Crippen molar-refractivity contribution in [3.8, 4) is 5.75 Å². The Kier molecular flexibility index (Phi) is 3.79. The van der Waals surface area contributed by atoms with Crippen molar-refractivity contribution in [2.24, 2.45) is 0 Å². The molecule has 9 heteroatoms. The molecule has 0 amide bonds. The van der Waals surface area contributed by atoms with E-state index in [-0.39, 0.29) is 22.9 Å². The van der Waals surface area contributed by atoms with Crippen molar-refractivity contribution in [3.63, 3.8) is 0 Å². The van der Waals surface area contributed by atoms with E-state index in [2.05, 4.69) is 15.9 Å². The van der Waals surface area contributed by atoms with Gasteiger partial charge in [-0.3, -0.25) is 10.1 Å². The van der Waals surface area contributed by atoms with E-state index in [0.29, 0.717) is 4.47 Å². The Bertz CT molecular complexity index is 616. The predicted octanol–water partition coefficient (Wildman–Crippen LogP) is 0.894. The summed E-state index contributed by atoms with van der Waals surface area (Å²) < 4.78 is 28.5. The van der Waals surface area contributed by atoms with Gasteiger partial charge < -0.3 is 9.84 Å². The molecule has 2 rings (SSSR count). The number of halogens is 1. The summed E-state index contributed by atoms with van der Waals surface area (Å²) in [5.74, 6) is -0.525. The van der Waals surface area contributed by atoms with Crippen LogP contribution in [0.4, 0.5) is 5.69 Å². The second kappa shape index (κ2) is 5.06. The number of hydrogen-bond acceptors (Lipinski definition) is 6. The lowest BCUT2D eigenvalue weighted by Gasteiger charge is -2.16. The lowest BCUT2D eigenvalue weighted by Crippen LogP contribution is -2.29. The number of non-ortho nitro benzene ring substituents is 1. The molecule has 2 atom stereocenters. The topological polar surface area (TPSA) is 107 Å². The van der Waals surface area contributed by atoms with Gasteiger partial charge in [-0.05, 0) is 22.0 Å². The monoisotopic (exact) mass is 351 g/mol. The number of ether oxygens (including phenoxy) is 1. The molecule has 1 fully saturated rings. The largest absolute Gasteiger partial charge is 0.485 e.